The Balaban J connectivity index is 1.65. The van der Waals surface area contributed by atoms with E-state index >= 15 is 0 Å². The number of carbonyl (C=O) groups excluding carboxylic acids is 1. The van der Waals surface area contributed by atoms with Crippen molar-refractivity contribution >= 4 is 5.91 Å². The average Bonchev–Trinajstić information content (AvgIpc) is 3.16. The first-order valence-electron chi connectivity index (χ1n) is 7.28. The summed E-state index contributed by atoms with van der Waals surface area (Å²) in [6.07, 6.45) is 2.59. The zero-order chi connectivity index (χ0) is 13.9. The molecule has 0 bridgehead atoms. The molecule has 1 aromatic carbocycles. The van der Waals surface area contributed by atoms with Gasteiger partial charge >= 0.3 is 0 Å². The van der Waals surface area contributed by atoms with Crippen molar-refractivity contribution in [1.82, 2.24) is 10.2 Å². The number of likely N-dealkylation sites (tertiary alicyclic amines) is 1. The molecule has 4 nitrogen and oxygen atoms in total. The van der Waals surface area contributed by atoms with Gasteiger partial charge in [0.25, 0.3) is 0 Å². The van der Waals surface area contributed by atoms with Crippen molar-refractivity contribution in [3.05, 3.63) is 35.9 Å². The Hall–Kier alpha value is -1.86. The Morgan fingerprint density at radius 2 is 2.15 bits per heavy atom. The van der Waals surface area contributed by atoms with E-state index < -0.39 is 0 Å². The molecule has 0 saturated carbocycles. The Morgan fingerprint density at radius 1 is 1.35 bits per heavy atom. The van der Waals surface area contributed by atoms with Crippen molar-refractivity contribution in [2.75, 3.05) is 13.1 Å². The maximum atomic E-state index is 12.5. The second-order valence-corrected chi connectivity index (χ2v) is 5.62. The Kier molecular flexibility index (Phi) is 3.70. The van der Waals surface area contributed by atoms with Gasteiger partial charge in [-0.1, -0.05) is 30.3 Å². The molecule has 4 heteroatoms. The van der Waals surface area contributed by atoms with Gasteiger partial charge in [0.15, 0.2) is 0 Å². The molecule has 2 saturated heterocycles. The molecule has 3 atom stereocenters. The van der Waals surface area contributed by atoms with Gasteiger partial charge in [0.1, 0.15) is 6.04 Å². The lowest BCUT2D eigenvalue weighted by atomic mass is 9.96. The van der Waals surface area contributed by atoms with Gasteiger partial charge in [0.2, 0.25) is 5.91 Å². The highest BCUT2D eigenvalue weighted by Gasteiger charge is 2.37. The predicted octanol–water partition coefficient (Wildman–Crippen LogP) is 1.65. The van der Waals surface area contributed by atoms with E-state index in [0.29, 0.717) is 5.92 Å². The number of rotatable bonds is 2. The predicted molar refractivity (Wildman–Crippen MR) is 75.9 cm³/mol. The Labute approximate surface area is 119 Å². The van der Waals surface area contributed by atoms with E-state index in [1.54, 1.807) is 4.90 Å². The molecule has 104 valence electrons. The van der Waals surface area contributed by atoms with Crippen molar-refractivity contribution in [2.45, 2.75) is 37.3 Å². The fourth-order valence-electron chi connectivity index (χ4n) is 3.27. The first-order chi connectivity index (χ1) is 9.79. The number of carbonyl (C=O) groups is 1. The summed E-state index contributed by atoms with van der Waals surface area (Å²) in [7, 11) is 0. The SMILES string of the molecule is N#CC1CCCN1C(=O)C1CC(c2ccccc2)CN1. The normalized spacial score (nSPS) is 29.4. The summed E-state index contributed by atoms with van der Waals surface area (Å²) in [6.45, 7) is 1.57. The van der Waals surface area contributed by atoms with Crippen molar-refractivity contribution in [3.63, 3.8) is 0 Å². The number of nitrogens with zero attached hydrogens (tertiary/aromatic N) is 2. The second kappa shape index (κ2) is 5.64. The fraction of sp³-hybridized carbons (Fsp3) is 0.500. The lowest BCUT2D eigenvalue weighted by Gasteiger charge is -2.23. The molecule has 2 aliphatic rings. The van der Waals surface area contributed by atoms with Gasteiger partial charge in [0.05, 0.1) is 12.1 Å². The third-order valence-electron chi connectivity index (χ3n) is 4.38. The van der Waals surface area contributed by atoms with Crippen LogP contribution in [0.3, 0.4) is 0 Å². The molecule has 0 radical (unpaired) electrons. The summed E-state index contributed by atoms with van der Waals surface area (Å²) in [6, 6.07) is 12.2. The molecule has 1 amide bonds. The van der Waals surface area contributed by atoms with Crippen LogP contribution in [0, 0.1) is 11.3 Å². The number of nitriles is 1. The third-order valence-corrected chi connectivity index (χ3v) is 4.38. The second-order valence-electron chi connectivity index (χ2n) is 5.62. The minimum atomic E-state index is -0.222. The Bertz CT molecular complexity index is 522. The molecule has 3 rings (SSSR count). The molecule has 0 spiro atoms. The summed E-state index contributed by atoms with van der Waals surface area (Å²) in [5.41, 5.74) is 1.29. The third kappa shape index (κ3) is 2.41. The van der Waals surface area contributed by atoms with Gasteiger partial charge in [-0.3, -0.25) is 4.79 Å². The van der Waals surface area contributed by atoms with E-state index in [-0.39, 0.29) is 18.0 Å². The van der Waals surface area contributed by atoms with E-state index in [0.717, 1.165) is 32.4 Å². The van der Waals surface area contributed by atoms with Crippen molar-refractivity contribution in [1.29, 1.82) is 5.26 Å². The van der Waals surface area contributed by atoms with Crippen LogP contribution >= 0.6 is 0 Å². The van der Waals surface area contributed by atoms with Crippen LogP contribution in [-0.2, 0) is 4.79 Å². The van der Waals surface area contributed by atoms with Crippen molar-refractivity contribution in [2.24, 2.45) is 0 Å². The standard InChI is InChI=1S/C16H19N3O/c17-10-14-7-4-8-19(14)16(20)15-9-13(11-18-15)12-5-2-1-3-6-12/h1-3,5-6,13-15,18H,4,7-9,11H2. The number of amides is 1. The van der Waals surface area contributed by atoms with Crippen molar-refractivity contribution in [3.8, 4) is 6.07 Å². The molecule has 3 unspecified atom stereocenters. The summed E-state index contributed by atoms with van der Waals surface area (Å²) in [5, 5.41) is 12.4. The monoisotopic (exact) mass is 269 g/mol. The number of hydrogen-bond donors (Lipinski definition) is 1. The highest BCUT2D eigenvalue weighted by molar-refractivity contribution is 5.83. The largest absolute Gasteiger partial charge is 0.325 e. The highest BCUT2D eigenvalue weighted by Crippen LogP contribution is 2.28. The summed E-state index contributed by atoms with van der Waals surface area (Å²) in [5.74, 6) is 0.501. The van der Waals surface area contributed by atoms with E-state index in [1.165, 1.54) is 5.56 Å². The topological polar surface area (TPSA) is 56.1 Å². The van der Waals surface area contributed by atoms with E-state index in [9.17, 15) is 4.79 Å². The van der Waals surface area contributed by atoms with Gasteiger partial charge in [-0.25, -0.2) is 0 Å². The smallest absolute Gasteiger partial charge is 0.240 e. The van der Waals surface area contributed by atoms with Crippen LogP contribution in [-0.4, -0.2) is 36.0 Å². The molecule has 0 aromatic heterocycles. The van der Waals surface area contributed by atoms with Gasteiger partial charge in [-0.15, -0.1) is 0 Å². The lowest BCUT2D eigenvalue weighted by Crippen LogP contribution is -2.45. The number of hydrogen-bond acceptors (Lipinski definition) is 3. The maximum absolute atomic E-state index is 12.5. The molecule has 2 fully saturated rings. The zero-order valence-corrected chi connectivity index (χ0v) is 11.5. The molecule has 1 N–H and O–H groups in total. The Morgan fingerprint density at radius 3 is 2.90 bits per heavy atom. The van der Waals surface area contributed by atoms with E-state index in [1.807, 2.05) is 18.2 Å². The molecule has 20 heavy (non-hydrogen) atoms. The van der Waals surface area contributed by atoms with Crippen LogP contribution in [0.5, 0.6) is 0 Å². The first kappa shape index (κ1) is 13.1. The van der Waals surface area contributed by atoms with Crippen LogP contribution in [0.1, 0.15) is 30.7 Å². The van der Waals surface area contributed by atoms with Gasteiger partial charge in [0, 0.05) is 13.1 Å². The number of benzene rings is 1. The zero-order valence-electron chi connectivity index (χ0n) is 11.5. The van der Waals surface area contributed by atoms with Crippen LogP contribution in [0.25, 0.3) is 0 Å². The minimum absolute atomic E-state index is 0.104. The quantitative estimate of drug-likeness (QED) is 0.888. The molecule has 0 aliphatic carbocycles. The van der Waals surface area contributed by atoms with Crippen LogP contribution in [0.15, 0.2) is 30.3 Å². The minimum Gasteiger partial charge on any atom is -0.325 e. The van der Waals surface area contributed by atoms with Gasteiger partial charge in [-0.05, 0) is 30.7 Å². The molecular formula is C16H19N3O. The maximum Gasteiger partial charge on any atom is 0.240 e. The summed E-state index contributed by atoms with van der Waals surface area (Å²) < 4.78 is 0. The first-order valence-corrected chi connectivity index (χ1v) is 7.28. The molecule has 2 aliphatic heterocycles. The van der Waals surface area contributed by atoms with Crippen LogP contribution in [0.2, 0.25) is 0 Å². The molecular weight excluding hydrogens is 250 g/mol. The van der Waals surface area contributed by atoms with Gasteiger partial charge in [-0.2, -0.15) is 5.26 Å². The lowest BCUT2D eigenvalue weighted by molar-refractivity contribution is -0.133. The van der Waals surface area contributed by atoms with E-state index in [4.69, 9.17) is 5.26 Å². The van der Waals surface area contributed by atoms with Crippen LogP contribution in [0.4, 0.5) is 0 Å². The van der Waals surface area contributed by atoms with Crippen molar-refractivity contribution < 1.29 is 4.79 Å². The summed E-state index contributed by atoms with van der Waals surface area (Å²) >= 11 is 0. The summed E-state index contributed by atoms with van der Waals surface area (Å²) in [4.78, 5) is 14.3. The van der Waals surface area contributed by atoms with E-state index in [2.05, 4.69) is 23.5 Å². The average molecular weight is 269 g/mol. The van der Waals surface area contributed by atoms with Gasteiger partial charge < -0.3 is 10.2 Å². The molecule has 2 heterocycles. The number of nitrogens with one attached hydrogen (secondary N) is 1. The van der Waals surface area contributed by atoms with Crippen LogP contribution < -0.4 is 5.32 Å². The highest BCUT2D eigenvalue weighted by atomic mass is 16.2. The fourth-order valence-corrected chi connectivity index (χ4v) is 3.27. The molecule has 1 aromatic rings.